The summed E-state index contributed by atoms with van der Waals surface area (Å²) in [5.74, 6) is -0.897. The summed E-state index contributed by atoms with van der Waals surface area (Å²) in [5, 5.41) is 13.4. The van der Waals surface area contributed by atoms with E-state index in [9.17, 15) is 9.59 Å². The maximum absolute atomic E-state index is 11.7. The Labute approximate surface area is 105 Å². The molecule has 5 heteroatoms. The van der Waals surface area contributed by atoms with Crippen LogP contribution in [0.2, 0.25) is 0 Å². The number of thiophene rings is 1. The fourth-order valence-corrected chi connectivity index (χ4v) is 2.17. The first-order valence-electron chi connectivity index (χ1n) is 5.52. The zero-order chi connectivity index (χ0) is 12.8. The molecule has 0 radical (unpaired) electrons. The van der Waals surface area contributed by atoms with Gasteiger partial charge in [0.15, 0.2) is 0 Å². The maximum atomic E-state index is 11.7. The standard InChI is InChI=1S/C12H17NO3S/c1-8(2)10(7-12(15)16)13-11(14)6-9-4-3-5-17-9/h3-5,8,10H,6-7H2,1-2H3,(H,13,14)(H,15,16). The minimum atomic E-state index is -0.889. The van der Waals surface area contributed by atoms with E-state index in [-0.39, 0.29) is 24.3 Å². The number of carbonyl (C=O) groups is 2. The average molecular weight is 255 g/mol. The first-order chi connectivity index (χ1) is 7.99. The fraction of sp³-hybridized carbons (Fsp3) is 0.500. The van der Waals surface area contributed by atoms with E-state index in [0.29, 0.717) is 6.42 Å². The number of carboxylic acid groups (broad SMARTS) is 1. The van der Waals surface area contributed by atoms with Crippen LogP contribution in [-0.4, -0.2) is 23.0 Å². The number of carboxylic acids is 1. The van der Waals surface area contributed by atoms with Crippen LogP contribution in [0.1, 0.15) is 25.1 Å². The Morgan fingerprint density at radius 2 is 2.18 bits per heavy atom. The van der Waals surface area contributed by atoms with Crippen LogP contribution >= 0.6 is 11.3 Å². The van der Waals surface area contributed by atoms with Crippen LogP contribution in [0, 0.1) is 5.92 Å². The summed E-state index contributed by atoms with van der Waals surface area (Å²) in [6, 6.07) is 3.48. The summed E-state index contributed by atoms with van der Waals surface area (Å²) in [7, 11) is 0. The molecule has 0 aliphatic carbocycles. The molecular formula is C12H17NO3S. The maximum Gasteiger partial charge on any atom is 0.305 e. The van der Waals surface area contributed by atoms with E-state index >= 15 is 0 Å². The number of hydrogen-bond donors (Lipinski definition) is 2. The highest BCUT2D eigenvalue weighted by Gasteiger charge is 2.19. The largest absolute Gasteiger partial charge is 0.481 e. The summed E-state index contributed by atoms with van der Waals surface area (Å²) in [6.45, 7) is 3.80. The second-order valence-corrected chi connectivity index (χ2v) is 5.30. The van der Waals surface area contributed by atoms with Crippen LogP contribution in [-0.2, 0) is 16.0 Å². The molecule has 1 amide bonds. The van der Waals surface area contributed by atoms with Gasteiger partial charge in [-0.1, -0.05) is 19.9 Å². The van der Waals surface area contributed by atoms with Gasteiger partial charge in [-0.05, 0) is 17.4 Å². The first-order valence-corrected chi connectivity index (χ1v) is 6.40. The lowest BCUT2D eigenvalue weighted by Gasteiger charge is -2.20. The highest BCUT2D eigenvalue weighted by Crippen LogP contribution is 2.11. The molecule has 94 valence electrons. The number of hydrogen-bond acceptors (Lipinski definition) is 3. The van der Waals surface area contributed by atoms with Gasteiger partial charge in [-0.25, -0.2) is 0 Å². The summed E-state index contributed by atoms with van der Waals surface area (Å²) >= 11 is 1.52. The average Bonchev–Trinajstić information content (AvgIpc) is 2.68. The lowest BCUT2D eigenvalue weighted by Crippen LogP contribution is -2.40. The summed E-state index contributed by atoms with van der Waals surface area (Å²) in [5.41, 5.74) is 0. The Morgan fingerprint density at radius 1 is 1.47 bits per heavy atom. The molecule has 1 aromatic heterocycles. The van der Waals surface area contributed by atoms with Crippen molar-refractivity contribution >= 4 is 23.2 Å². The molecule has 0 saturated heterocycles. The minimum absolute atomic E-state index is 0.0339. The van der Waals surface area contributed by atoms with Gasteiger partial charge < -0.3 is 10.4 Å². The van der Waals surface area contributed by atoms with Gasteiger partial charge in [0.05, 0.1) is 12.8 Å². The molecule has 1 unspecified atom stereocenters. The lowest BCUT2D eigenvalue weighted by molar-refractivity contribution is -0.138. The summed E-state index contributed by atoms with van der Waals surface area (Å²) in [4.78, 5) is 23.4. The minimum Gasteiger partial charge on any atom is -0.481 e. The van der Waals surface area contributed by atoms with Crippen LogP contribution in [0.15, 0.2) is 17.5 Å². The first kappa shape index (κ1) is 13.7. The third-order valence-corrected chi connectivity index (χ3v) is 3.34. The van der Waals surface area contributed by atoms with Crippen LogP contribution in [0.4, 0.5) is 0 Å². The van der Waals surface area contributed by atoms with Crippen LogP contribution in [0.25, 0.3) is 0 Å². The smallest absolute Gasteiger partial charge is 0.305 e. The molecular weight excluding hydrogens is 238 g/mol. The quantitative estimate of drug-likeness (QED) is 0.816. The number of aliphatic carboxylic acids is 1. The SMILES string of the molecule is CC(C)C(CC(=O)O)NC(=O)Cc1cccs1. The van der Waals surface area contributed by atoms with Gasteiger partial charge in [0.25, 0.3) is 0 Å². The van der Waals surface area contributed by atoms with E-state index in [1.165, 1.54) is 11.3 Å². The Kier molecular flexibility index (Phi) is 5.15. The van der Waals surface area contributed by atoms with Crippen molar-refractivity contribution in [2.75, 3.05) is 0 Å². The van der Waals surface area contributed by atoms with E-state index in [1.54, 1.807) is 0 Å². The number of carbonyl (C=O) groups excluding carboxylic acids is 1. The van der Waals surface area contributed by atoms with E-state index in [1.807, 2.05) is 31.4 Å². The van der Waals surface area contributed by atoms with Gasteiger partial charge in [-0.3, -0.25) is 9.59 Å². The van der Waals surface area contributed by atoms with Crippen LogP contribution in [0.5, 0.6) is 0 Å². The molecule has 1 rings (SSSR count). The van der Waals surface area contributed by atoms with Crippen molar-refractivity contribution < 1.29 is 14.7 Å². The molecule has 1 heterocycles. The number of amides is 1. The predicted molar refractivity (Wildman–Crippen MR) is 67.0 cm³/mol. The van der Waals surface area contributed by atoms with E-state index in [4.69, 9.17) is 5.11 Å². The molecule has 0 aliphatic rings. The second kappa shape index (κ2) is 6.39. The normalized spacial score (nSPS) is 12.4. The van der Waals surface area contributed by atoms with E-state index < -0.39 is 5.97 Å². The van der Waals surface area contributed by atoms with E-state index in [2.05, 4.69) is 5.32 Å². The molecule has 0 bridgehead atoms. The van der Waals surface area contributed by atoms with Crippen molar-refractivity contribution in [2.24, 2.45) is 5.92 Å². The predicted octanol–water partition coefficient (Wildman–Crippen LogP) is 1.91. The monoisotopic (exact) mass is 255 g/mol. The van der Waals surface area contributed by atoms with Crippen LogP contribution < -0.4 is 5.32 Å². The molecule has 0 fully saturated rings. The van der Waals surface area contributed by atoms with Gasteiger partial charge >= 0.3 is 5.97 Å². The highest BCUT2D eigenvalue weighted by molar-refractivity contribution is 7.10. The molecule has 2 N–H and O–H groups in total. The zero-order valence-electron chi connectivity index (χ0n) is 9.97. The highest BCUT2D eigenvalue weighted by atomic mass is 32.1. The molecule has 1 aromatic rings. The van der Waals surface area contributed by atoms with Crippen molar-refractivity contribution in [3.63, 3.8) is 0 Å². The fourth-order valence-electron chi connectivity index (χ4n) is 1.47. The molecule has 4 nitrogen and oxygen atoms in total. The lowest BCUT2D eigenvalue weighted by atomic mass is 10.0. The Morgan fingerprint density at radius 3 is 2.65 bits per heavy atom. The van der Waals surface area contributed by atoms with Gasteiger partial charge in [0, 0.05) is 10.9 Å². The molecule has 0 spiro atoms. The zero-order valence-corrected chi connectivity index (χ0v) is 10.8. The van der Waals surface area contributed by atoms with Crippen molar-refractivity contribution in [2.45, 2.75) is 32.7 Å². The Balaban J connectivity index is 2.49. The van der Waals surface area contributed by atoms with Gasteiger partial charge in [0.2, 0.25) is 5.91 Å². The third kappa shape index (κ3) is 4.99. The van der Waals surface area contributed by atoms with Crippen molar-refractivity contribution in [1.29, 1.82) is 0 Å². The van der Waals surface area contributed by atoms with Gasteiger partial charge in [-0.2, -0.15) is 0 Å². The van der Waals surface area contributed by atoms with Crippen molar-refractivity contribution in [1.82, 2.24) is 5.32 Å². The number of nitrogens with one attached hydrogen (secondary N) is 1. The number of rotatable bonds is 6. The summed E-state index contributed by atoms with van der Waals surface area (Å²) < 4.78 is 0. The van der Waals surface area contributed by atoms with Gasteiger partial charge in [-0.15, -0.1) is 11.3 Å². The van der Waals surface area contributed by atoms with Gasteiger partial charge in [0.1, 0.15) is 0 Å². The van der Waals surface area contributed by atoms with Crippen molar-refractivity contribution in [3.05, 3.63) is 22.4 Å². The molecule has 0 aliphatic heterocycles. The molecule has 0 aromatic carbocycles. The van der Waals surface area contributed by atoms with Crippen molar-refractivity contribution in [3.8, 4) is 0 Å². The molecule has 1 atom stereocenters. The topological polar surface area (TPSA) is 66.4 Å². The second-order valence-electron chi connectivity index (χ2n) is 4.27. The Hall–Kier alpha value is -1.36. The Bertz CT molecular complexity index is 373. The third-order valence-electron chi connectivity index (χ3n) is 2.46. The van der Waals surface area contributed by atoms with E-state index in [0.717, 1.165) is 4.88 Å². The summed E-state index contributed by atoms with van der Waals surface area (Å²) in [6.07, 6.45) is 0.286. The molecule has 0 saturated carbocycles. The molecule has 17 heavy (non-hydrogen) atoms. The van der Waals surface area contributed by atoms with Crippen LogP contribution in [0.3, 0.4) is 0 Å².